The van der Waals surface area contributed by atoms with Gasteiger partial charge in [-0.25, -0.2) is 8.78 Å². The van der Waals surface area contributed by atoms with Gasteiger partial charge in [0.1, 0.15) is 24.2 Å². The Labute approximate surface area is 208 Å². The summed E-state index contributed by atoms with van der Waals surface area (Å²) in [7, 11) is -3.99. The smallest absolute Gasteiger partial charge is 0.480 e. The van der Waals surface area contributed by atoms with Crippen molar-refractivity contribution in [2.75, 3.05) is 13.1 Å². The number of aliphatic carboxylic acids is 1. The molecule has 0 unspecified atom stereocenters. The third-order valence-corrected chi connectivity index (χ3v) is 5.67. The lowest BCUT2D eigenvalue weighted by molar-refractivity contribution is -0.138. The van der Waals surface area contributed by atoms with Crippen molar-refractivity contribution in [1.82, 2.24) is 15.5 Å². The van der Waals surface area contributed by atoms with Gasteiger partial charge in [0.05, 0.1) is 11.1 Å². The first kappa shape index (κ1) is 27.7. The lowest BCUT2D eigenvalue weighted by Crippen LogP contribution is -2.47. The number of halogens is 2. The highest BCUT2D eigenvalue weighted by Gasteiger charge is 2.41. The molecule has 194 valence electrons. The van der Waals surface area contributed by atoms with Crippen molar-refractivity contribution in [2.24, 2.45) is 0 Å². The van der Waals surface area contributed by atoms with Crippen LogP contribution in [0.1, 0.15) is 27.1 Å². The Bertz CT molecular complexity index is 1230. The Kier molecular flexibility index (Phi) is 8.60. The summed E-state index contributed by atoms with van der Waals surface area (Å²) >= 11 is 0. The largest absolute Gasteiger partial charge is 0.488 e. The summed E-state index contributed by atoms with van der Waals surface area (Å²) in [4.78, 5) is 50.3. The number of carbonyl (C=O) groups excluding carboxylic acids is 3. The van der Waals surface area contributed by atoms with E-state index < -0.39 is 79.3 Å². The summed E-state index contributed by atoms with van der Waals surface area (Å²) in [5.41, 5.74) is -1.52. The summed E-state index contributed by atoms with van der Waals surface area (Å²) in [6.45, 7) is -1.15. The lowest BCUT2D eigenvalue weighted by Gasteiger charge is -2.24. The van der Waals surface area contributed by atoms with Gasteiger partial charge in [-0.05, 0) is 41.6 Å². The minimum atomic E-state index is -2.02. The predicted molar refractivity (Wildman–Crippen MR) is 124 cm³/mol. The van der Waals surface area contributed by atoms with Crippen LogP contribution in [0.2, 0.25) is 0 Å². The topological polar surface area (TPSA) is 197 Å². The van der Waals surface area contributed by atoms with Gasteiger partial charge in [-0.15, -0.1) is 0 Å². The predicted octanol–water partition coefficient (Wildman–Crippen LogP) is -3.46. The monoisotopic (exact) mass is 519 g/mol. The van der Waals surface area contributed by atoms with E-state index in [1.165, 1.54) is 0 Å². The third kappa shape index (κ3) is 6.48. The average Bonchev–Trinajstić information content (AvgIpc) is 3.26. The Morgan fingerprint density at radius 2 is 1.46 bits per heavy atom. The molecule has 0 aliphatic carbocycles. The lowest BCUT2D eigenvalue weighted by atomic mass is 9.79. The van der Waals surface area contributed by atoms with E-state index in [0.29, 0.717) is 0 Å². The number of likely N-dealkylation sites (tertiary alicyclic amines) is 1. The highest BCUT2D eigenvalue weighted by atomic mass is 19.1. The van der Waals surface area contributed by atoms with Gasteiger partial charge in [0.25, 0.3) is 11.8 Å². The van der Waals surface area contributed by atoms with Crippen LogP contribution in [0, 0.1) is 11.6 Å². The van der Waals surface area contributed by atoms with Gasteiger partial charge in [0.2, 0.25) is 5.91 Å². The van der Waals surface area contributed by atoms with Crippen LogP contribution in [0.4, 0.5) is 8.78 Å². The first-order valence-electron chi connectivity index (χ1n) is 10.8. The number of carbonyl (C=O) groups is 4. The maximum absolute atomic E-state index is 14.5. The molecule has 0 saturated carbocycles. The molecule has 2 atom stereocenters. The number of nitrogens with one attached hydrogen (secondary N) is 2. The molecule has 0 aromatic heterocycles. The van der Waals surface area contributed by atoms with Crippen molar-refractivity contribution >= 4 is 48.9 Å². The van der Waals surface area contributed by atoms with Crippen molar-refractivity contribution in [3.05, 3.63) is 59.2 Å². The summed E-state index contributed by atoms with van der Waals surface area (Å²) in [5.74, 6) is -6.35. The van der Waals surface area contributed by atoms with Gasteiger partial charge < -0.3 is 40.7 Å². The molecule has 3 rings (SSSR count). The van der Waals surface area contributed by atoms with Crippen LogP contribution >= 0.6 is 0 Å². The number of carboxylic acids is 1. The van der Waals surface area contributed by atoms with Crippen molar-refractivity contribution in [2.45, 2.75) is 18.5 Å². The maximum Gasteiger partial charge on any atom is 0.488 e. The zero-order chi connectivity index (χ0) is 27.4. The number of hydrogen-bond acceptors (Lipinski definition) is 8. The fourth-order valence-corrected chi connectivity index (χ4v) is 3.86. The molecule has 0 spiro atoms. The molecular weight excluding hydrogens is 498 g/mol. The highest BCUT2D eigenvalue weighted by Crippen LogP contribution is 2.23. The van der Waals surface area contributed by atoms with Gasteiger partial charge in [0.15, 0.2) is 0 Å². The summed E-state index contributed by atoms with van der Waals surface area (Å²) in [6, 6.07) is 3.20. The summed E-state index contributed by atoms with van der Waals surface area (Å²) in [5, 5.41) is 50.6. The second-order valence-electron chi connectivity index (χ2n) is 8.22. The van der Waals surface area contributed by atoms with Crippen LogP contribution < -0.4 is 21.6 Å². The molecule has 1 saturated heterocycles. The van der Waals surface area contributed by atoms with E-state index in [4.69, 9.17) is 5.11 Å². The van der Waals surface area contributed by atoms with Gasteiger partial charge in [-0.1, -0.05) is 12.1 Å². The van der Waals surface area contributed by atoms with E-state index in [0.717, 1.165) is 41.3 Å². The second kappa shape index (κ2) is 11.5. The van der Waals surface area contributed by atoms with Gasteiger partial charge in [-0.3, -0.25) is 19.2 Å². The fraction of sp³-hybridized carbons (Fsp3) is 0.238. The SMILES string of the molecule is O=C(O)CNC(=O)[C@@H]1C[C@H](NC(=O)c2cc(B(O)O)ccc2F)CN1C(=O)c1cc(B(O)O)ccc1F. The first-order valence-corrected chi connectivity index (χ1v) is 10.8. The van der Waals surface area contributed by atoms with Crippen LogP contribution in [-0.2, 0) is 9.59 Å². The van der Waals surface area contributed by atoms with Crippen LogP contribution in [-0.4, -0.2) is 93.2 Å². The minimum Gasteiger partial charge on any atom is -0.480 e. The van der Waals surface area contributed by atoms with Crippen molar-refractivity contribution in [3.63, 3.8) is 0 Å². The van der Waals surface area contributed by atoms with Gasteiger partial charge in [-0.2, -0.15) is 0 Å². The zero-order valence-corrected chi connectivity index (χ0v) is 19.0. The fourth-order valence-electron chi connectivity index (χ4n) is 3.86. The molecule has 2 aromatic rings. The van der Waals surface area contributed by atoms with Gasteiger partial charge in [0, 0.05) is 12.6 Å². The molecule has 12 nitrogen and oxygen atoms in total. The number of carboxylic acid groups (broad SMARTS) is 1. The Balaban J connectivity index is 1.88. The summed E-state index contributed by atoms with van der Waals surface area (Å²) < 4.78 is 28.7. The molecular formula is C21H21B2F2N3O9. The minimum absolute atomic E-state index is 0.165. The summed E-state index contributed by atoms with van der Waals surface area (Å²) in [6.07, 6.45) is -0.253. The highest BCUT2D eigenvalue weighted by molar-refractivity contribution is 6.59. The molecule has 2 aromatic carbocycles. The molecule has 1 aliphatic rings. The van der Waals surface area contributed by atoms with E-state index >= 15 is 0 Å². The number of hydrogen-bond donors (Lipinski definition) is 7. The number of nitrogens with zero attached hydrogens (tertiary/aromatic N) is 1. The zero-order valence-electron chi connectivity index (χ0n) is 19.0. The molecule has 0 radical (unpaired) electrons. The van der Waals surface area contributed by atoms with Gasteiger partial charge >= 0.3 is 20.2 Å². The average molecular weight is 519 g/mol. The maximum atomic E-state index is 14.5. The Morgan fingerprint density at radius 3 is 2.00 bits per heavy atom. The number of amides is 3. The van der Waals surface area contributed by atoms with Crippen LogP contribution in [0.25, 0.3) is 0 Å². The molecule has 1 fully saturated rings. The van der Waals surface area contributed by atoms with Crippen LogP contribution in [0.15, 0.2) is 36.4 Å². The molecule has 37 heavy (non-hydrogen) atoms. The van der Waals surface area contributed by atoms with Crippen molar-refractivity contribution < 1.29 is 53.2 Å². The van der Waals surface area contributed by atoms with Crippen LogP contribution in [0.3, 0.4) is 0 Å². The van der Waals surface area contributed by atoms with Crippen molar-refractivity contribution in [1.29, 1.82) is 0 Å². The molecule has 1 aliphatic heterocycles. The standard InChI is InChI=1S/C21H21B2F2N3O9/c24-15-3-1-10(22(34)35)5-13(15)19(31)27-12-7-17(20(32)26-8-18(29)30)28(9-12)21(33)14-6-11(23(36)37)2-4-16(14)25/h1-6,12,17,34-37H,7-9H2,(H,26,32)(H,27,31)(H,29,30)/t12-,17-/m0/s1. The van der Waals surface area contributed by atoms with E-state index in [1.807, 2.05) is 0 Å². The first-order chi connectivity index (χ1) is 17.4. The number of rotatable bonds is 8. The molecule has 0 bridgehead atoms. The van der Waals surface area contributed by atoms with E-state index in [2.05, 4.69) is 10.6 Å². The molecule has 3 amide bonds. The molecule has 7 N–H and O–H groups in total. The normalized spacial score (nSPS) is 16.8. The quantitative estimate of drug-likeness (QED) is 0.174. The Morgan fingerprint density at radius 1 is 0.919 bits per heavy atom. The van der Waals surface area contributed by atoms with Crippen LogP contribution in [0.5, 0.6) is 0 Å². The van der Waals surface area contributed by atoms with E-state index in [-0.39, 0.29) is 23.9 Å². The molecule has 16 heteroatoms. The van der Waals surface area contributed by atoms with Crippen molar-refractivity contribution in [3.8, 4) is 0 Å². The van der Waals surface area contributed by atoms with E-state index in [1.54, 1.807) is 0 Å². The molecule has 1 heterocycles. The van der Waals surface area contributed by atoms with E-state index in [9.17, 15) is 48.1 Å². The Hall–Kier alpha value is -3.85. The number of benzene rings is 2. The third-order valence-electron chi connectivity index (χ3n) is 5.67. The second-order valence-corrected chi connectivity index (χ2v) is 8.22.